The third kappa shape index (κ3) is 4.72. The number of anilines is 1. The normalized spacial score (nSPS) is 11.6. The van der Waals surface area contributed by atoms with Crippen molar-refractivity contribution in [2.45, 2.75) is 26.4 Å². The smallest absolute Gasteiger partial charge is 0.146 e. The molecule has 0 saturated heterocycles. The molecule has 0 radical (unpaired) electrons. The van der Waals surface area contributed by atoms with Crippen LogP contribution in [-0.2, 0) is 0 Å². The van der Waals surface area contributed by atoms with Crippen LogP contribution in [-0.4, -0.2) is 16.8 Å². The summed E-state index contributed by atoms with van der Waals surface area (Å²) in [6, 6.07) is 13.4. The molecule has 4 nitrogen and oxygen atoms in total. The van der Waals surface area contributed by atoms with E-state index in [9.17, 15) is 0 Å². The topological polar surface area (TPSA) is 46.5 Å². The number of aromatic nitrogens is 1. The molecule has 2 rings (SSSR count). The number of pyridine rings is 1. The molecule has 0 unspecified atom stereocenters. The summed E-state index contributed by atoms with van der Waals surface area (Å²) in [5.74, 6) is 1.57. The Kier molecular flexibility index (Phi) is 4.35. The Balaban J connectivity index is 1.94. The lowest BCUT2D eigenvalue weighted by Gasteiger charge is -2.21. The molecule has 104 valence electrons. The largest absolute Gasteiger partial charge is 0.488 e. The minimum absolute atomic E-state index is 0.184. The van der Waals surface area contributed by atoms with Crippen molar-refractivity contribution in [3.8, 4) is 5.75 Å². The fraction of sp³-hybridized carbons (Fsp3) is 0.250. The van der Waals surface area contributed by atoms with Crippen LogP contribution in [0.25, 0.3) is 0 Å². The molecule has 2 aromatic rings. The molecular weight excluding hydrogens is 250 g/mol. The Morgan fingerprint density at radius 1 is 1.10 bits per heavy atom. The number of hydrogen-bond donors (Lipinski definition) is 1. The second-order valence-electron chi connectivity index (χ2n) is 5.37. The third-order valence-electron chi connectivity index (χ3n) is 2.36. The van der Waals surface area contributed by atoms with Gasteiger partial charge in [0, 0.05) is 6.20 Å². The lowest BCUT2D eigenvalue weighted by atomic mass is 10.2. The third-order valence-corrected chi connectivity index (χ3v) is 2.36. The number of ether oxygens (including phenoxy) is 1. The van der Waals surface area contributed by atoms with Crippen LogP contribution in [0, 0.1) is 0 Å². The van der Waals surface area contributed by atoms with Crippen molar-refractivity contribution >= 4 is 12.0 Å². The molecule has 0 bridgehead atoms. The first-order valence-electron chi connectivity index (χ1n) is 6.52. The van der Waals surface area contributed by atoms with Crippen molar-refractivity contribution in [3.63, 3.8) is 0 Å². The van der Waals surface area contributed by atoms with Gasteiger partial charge in [-0.2, -0.15) is 5.10 Å². The van der Waals surface area contributed by atoms with Crippen molar-refractivity contribution in [2.24, 2.45) is 5.10 Å². The summed E-state index contributed by atoms with van der Waals surface area (Å²) < 4.78 is 5.76. The van der Waals surface area contributed by atoms with Gasteiger partial charge < -0.3 is 4.74 Å². The summed E-state index contributed by atoms with van der Waals surface area (Å²) in [6.45, 7) is 6.08. The average molecular weight is 269 g/mol. The number of hydrazone groups is 1. The molecule has 0 aliphatic heterocycles. The first kappa shape index (κ1) is 14.1. The summed E-state index contributed by atoms with van der Waals surface area (Å²) in [5.41, 5.74) is 3.68. The molecule has 1 aromatic heterocycles. The zero-order valence-corrected chi connectivity index (χ0v) is 12.0. The Labute approximate surface area is 119 Å². The van der Waals surface area contributed by atoms with Gasteiger partial charge in [0.05, 0.1) is 6.21 Å². The molecule has 0 atom stereocenters. The maximum absolute atomic E-state index is 5.76. The van der Waals surface area contributed by atoms with Crippen molar-refractivity contribution in [2.75, 3.05) is 5.43 Å². The molecule has 0 saturated carbocycles. The number of nitrogens with zero attached hydrogens (tertiary/aromatic N) is 2. The highest BCUT2D eigenvalue weighted by Gasteiger charge is 2.10. The van der Waals surface area contributed by atoms with E-state index in [2.05, 4.69) is 15.5 Å². The van der Waals surface area contributed by atoms with Crippen molar-refractivity contribution in [3.05, 3.63) is 54.2 Å². The Morgan fingerprint density at radius 3 is 2.45 bits per heavy atom. The predicted octanol–water partition coefficient (Wildman–Crippen LogP) is 3.70. The Hall–Kier alpha value is -2.36. The fourth-order valence-electron chi connectivity index (χ4n) is 1.58. The first-order chi connectivity index (χ1) is 9.53. The number of benzene rings is 1. The van der Waals surface area contributed by atoms with Gasteiger partial charge in [-0.15, -0.1) is 0 Å². The summed E-state index contributed by atoms with van der Waals surface area (Å²) in [6.07, 6.45) is 3.46. The molecular formula is C16H19N3O. The maximum atomic E-state index is 5.76. The van der Waals surface area contributed by atoms with Gasteiger partial charge in [0.25, 0.3) is 0 Å². The van der Waals surface area contributed by atoms with E-state index in [4.69, 9.17) is 4.74 Å². The molecule has 0 fully saturated rings. The van der Waals surface area contributed by atoms with E-state index in [0.29, 0.717) is 0 Å². The number of hydrogen-bond acceptors (Lipinski definition) is 4. The van der Waals surface area contributed by atoms with Crippen LogP contribution in [0.4, 0.5) is 5.82 Å². The van der Waals surface area contributed by atoms with Gasteiger partial charge in [-0.1, -0.05) is 6.07 Å². The van der Waals surface area contributed by atoms with Crippen molar-refractivity contribution < 1.29 is 4.74 Å². The van der Waals surface area contributed by atoms with Gasteiger partial charge in [-0.25, -0.2) is 4.98 Å². The van der Waals surface area contributed by atoms with Crippen LogP contribution in [0.5, 0.6) is 5.75 Å². The highest BCUT2D eigenvalue weighted by molar-refractivity contribution is 5.80. The molecule has 0 amide bonds. The molecule has 0 aliphatic carbocycles. The zero-order valence-electron chi connectivity index (χ0n) is 12.0. The predicted molar refractivity (Wildman–Crippen MR) is 82.3 cm³/mol. The standard InChI is InChI=1S/C16H19N3O/c1-16(2,3)20-14-9-7-13(8-10-14)12-18-19-15-6-4-5-11-17-15/h4-12H,1-3H3,(H,17,19)/b18-12+. The van der Waals surface area contributed by atoms with E-state index in [1.54, 1.807) is 12.4 Å². The summed E-state index contributed by atoms with van der Waals surface area (Å²) in [4.78, 5) is 4.12. The Bertz CT molecular complexity index is 557. The van der Waals surface area contributed by atoms with Crippen LogP contribution in [0.3, 0.4) is 0 Å². The van der Waals surface area contributed by atoms with Crippen molar-refractivity contribution in [1.29, 1.82) is 0 Å². The molecule has 1 heterocycles. The van der Waals surface area contributed by atoms with E-state index < -0.39 is 0 Å². The second-order valence-corrected chi connectivity index (χ2v) is 5.37. The summed E-state index contributed by atoms with van der Waals surface area (Å²) in [5, 5.41) is 4.14. The highest BCUT2D eigenvalue weighted by Crippen LogP contribution is 2.17. The minimum Gasteiger partial charge on any atom is -0.488 e. The van der Waals surface area contributed by atoms with Gasteiger partial charge in [0.2, 0.25) is 0 Å². The molecule has 1 aromatic carbocycles. The van der Waals surface area contributed by atoms with Gasteiger partial charge in [-0.05, 0) is 62.7 Å². The van der Waals surface area contributed by atoms with Crippen LogP contribution in [0.15, 0.2) is 53.8 Å². The van der Waals surface area contributed by atoms with Gasteiger partial charge >= 0.3 is 0 Å². The first-order valence-corrected chi connectivity index (χ1v) is 6.52. The van der Waals surface area contributed by atoms with Crippen LogP contribution in [0.2, 0.25) is 0 Å². The average Bonchev–Trinajstić information content (AvgIpc) is 2.40. The van der Waals surface area contributed by atoms with Gasteiger partial charge in [0.15, 0.2) is 0 Å². The molecule has 0 aliphatic rings. The van der Waals surface area contributed by atoms with Gasteiger partial charge in [-0.3, -0.25) is 5.43 Å². The highest BCUT2D eigenvalue weighted by atomic mass is 16.5. The summed E-state index contributed by atoms with van der Waals surface area (Å²) in [7, 11) is 0. The Morgan fingerprint density at radius 2 is 1.85 bits per heavy atom. The van der Waals surface area contributed by atoms with E-state index in [-0.39, 0.29) is 5.60 Å². The van der Waals surface area contributed by atoms with Crippen molar-refractivity contribution in [1.82, 2.24) is 4.98 Å². The lowest BCUT2D eigenvalue weighted by molar-refractivity contribution is 0.131. The molecule has 20 heavy (non-hydrogen) atoms. The number of nitrogens with one attached hydrogen (secondary N) is 1. The van der Waals surface area contributed by atoms with E-state index >= 15 is 0 Å². The molecule has 0 spiro atoms. The van der Waals surface area contributed by atoms with E-state index in [1.807, 2.05) is 63.2 Å². The maximum Gasteiger partial charge on any atom is 0.146 e. The van der Waals surface area contributed by atoms with Crippen LogP contribution in [0.1, 0.15) is 26.3 Å². The second kappa shape index (κ2) is 6.19. The number of rotatable bonds is 4. The van der Waals surface area contributed by atoms with Gasteiger partial charge in [0.1, 0.15) is 17.2 Å². The lowest BCUT2D eigenvalue weighted by Crippen LogP contribution is -2.22. The monoisotopic (exact) mass is 269 g/mol. The molecule has 4 heteroatoms. The van der Waals surface area contributed by atoms with E-state index in [1.165, 1.54) is 0 Å². The van der Waals surface area contributed by atoms with Crippen LogP contribution >= 0.6 is 0 Å². The fourth-order valence-corrected chi connectivity index (χ4v) is 1.58. The minimum atomic E-state index is -0.184. The SMILES string of the molecule is CC(C)(C)Oc1ccc(/C=N/Nc2ccccn2)cc1. The quantitative estimate of drug-likeness (QED) is 0.680. The van der Waals surface area contributed by atoms with E-state index in [0.717, 1.165) is 17.1 Å². The summed E-state index contributed by atoms with van der Waals surface area (Å²) >= 11 is 0. The zero-order chi connectivity index (χ0) is 14.4. The van der Waals surface area contributed by atoms with Crippen LogP contribution < -0.4 is 10.2 Å². The molecule has 1 N–H and O–H groups in total.